The first kappa shape index (κ1) is 10.7. The molecule has 1 saturated carbocycles. The summed E-state index contributed by atoms with van der Waals surface area (Å²) in [6.45, 7) is 6.54. The minimum absolute atomic E-state index is 0.458. The normalized spacial score (nSPS) is 40.6. The fraction of sp³-hybridized carbons (Fsp3) is 0.750. The summed E-state index contributed by atoms with van der Waals surface area (Å²) in [4.78, 5) is 13.1. The second kappa shape index (κ2) is 3.63. The Hall–Kier alpha value is -0.830. The fourth-order valence-corrected chi connectivity index (χ4v) is 3.26. The van der Waals surface area contributed by atoms with Gasteiger partial charge < -0.3 is 10.0 Å². The average Bonchev–Trinajstić information content (AvgIpc) is 2.31. The second-order valence-corrected chi connectivity index (χ2v) is 5.14. The van der Waals surface area contributed by atoms with E-state index in [0.29, 0.717) is 23.7 Å². The van der Waals surface area contributed by atoms with E-state index in [9.17, 15) is 4.79 Å². The molecule has 2 unspecified atom stereocenters. The molecule has 1 saturated heterocycles. The lowest BCUT2D eigenvalue weighted by molar-refractivity contribution is -0.131. The van der Waals surface area contributed by atoms with Gasteiger partial charge in [-0.15, -0.1) is 0 Å². The van der Waals surface area contributed by atoms with Crippen LogP contribution in [-0.2, 0) is 4.79 Å². The zero-order chi connectivity index (χ0) is 11.2. The molecule has 0 aromatic carbocycles. The lowest BCUT2D eigenvalue weighted by Crippen LogP contribution is -2.36. The molecule has 4 atom stereocenters. The van der Waals surface area contributed by atoms with Crippen LogP contribution in [0.2, 0.25) is 0 Å². The summed E-state index contributed by atoms with van der Waals surface area (Å²) < 4.78 is 0. The van der Waals surface area contributed by atoms with Crippen molar-refractivity contribution in [1.82, 2.24) is 4.90 Å². The third kappa shape index (κ3) is 1.69. The molecule has 0 aromatic rings. The largest absolute Gasteiger partial charge is 0.478 e. The third-order valence-electron chi connectivity index (χ3n) is 4.26. The van der Waals surface area contributed by atoms with Gasteiger partial charge in [-0.2, -0.15) is 0 Å². The van der Waals surface area contributed by atoms with Crippen LogP contribution in [0.1, 0.15) is 13.8 Å². The van der Waals surface area contributed by atoms with Crippen molar-refractivity contribution in [3.8, 4) is 0 Å². The van der Waals surface area contributed by atoms with Crippen LogP contribution in [0.15, 0.2) is 11.6 Å². The van der Waals surface area contributed by atoms with E-state index in [0.717, 1.165) is 13.1 Å². The molecule has 15 heavy (non-hydrogen) atoms. The van der Waals surface area contributed by atoms with Crippen LogP contribution in [0.25, 0.3) is 0 Å². The molecule has 2 bridgehead atoms. The molecule has 1 aliphatic heterocycles. The first-order valence-electron chi connectivity index (χ1n) is 5.63. The highest BCUT2D eigenvalue weighted by molar-refractivity contribution is 5.81. The van der Waals surface area contributed by atoms with Crippen molar-refractivity contribution in [3.63, 3.8) is 0 Å². The highest BCUT2D eigenvalue weighted by Gasteiger charge is 2.46. The molecule has 3 nitrogen and oxygen atoms in total. The number of rotatable bonds is 1. The molecule has 1 N–H and O–H groups in total. The molecule has 2 aliphatic rings. The lowest BCUT2D eigenvalue weighted by Gasteiger charge is -2.31. The van der Waals surface area contributed by atoms with Crippen molar-refractivity contribution in [2.24, 2.45) is 23.7 Å². The van der Waals surface area contributed by atoms with Gasteiger partial charge >= 0.3 is 5.97 Å². The topological polar surface area (TPSA) is 40.5 Å². The van der Waals surface area contributed by atoms with Crippen molar-refractivity contribution in [3.05, 3.63) is 11.6 Å². The summed E-state index contributed by atoms with van der Waals surface area (Å²) in [6, 6.07) is 0. The van der Waals surface area contributed by atoms with Gasteiger partial charge in [0.25, 0.3) is 0 Å². The molecule has 3 heteroatoms. The Labute approximate surface area is 90.8 Å². The third-order valence-corrected chi connectivity index (χ3v) is 4.26. The number of piperidine rings is 1. The van der Waals surface area contributed by atoms with Crippen LogP contribution in [0.3, 0.4) is 0 Å². The standard InChI is InChI=1S/C12H19NO2/c1-7-8(2)11-6-13(3)5-10(7)9(11)4-12(14)15/h4,7-8,10-11H,5-6H2,1-3H3,(H,14,15)/t7-,8-,10?,11?/m1/s1. The first-order valence-corrected chi connectivity index (χ1v) is 5.63. The van der Waals surface area contributed by atoms with Gasteiger partial charge in [0.15, 0.2) is 0 Å². The number of likely N-dealkylation sites (tertiary alicyclic amines) is 1. The Kier molecular flexibility index (Phi) is 2.59. The zero-order valence-electron chi connectivity index (χ0n) is 9.60. The number of hydrogen-bond acceptors (Lipinski definition) is 2. The molecule has 2 rings (SSSR count). The molecule has 2 fully saturated rings. The maximum atomic E-state index is 10.8. The number of nitrogens with zero attached hydrogens (tertiary/aromatic N) is 1. The van der Waals surface area contributed by atoms with Crippen LogP contribution in [0, 0.1) is 23.7 Å². The average molecular weight is 209 g/mol. The minimum atomic E-state index is -0.786. The van der Waals surface area contributed by atoms with Gasteiger partial charge in [0.1, 0.15) is 0 Å². The summed E-state index contributed by atoms with van der Waals surface area (Å²) in [5.74, 6) is 1.36. The van der Waals surface area contributed by atoms with Crippen LogP contribution in [0.4, 0.5) is 0 Å². The van der Waals surface area contributed by atoms with Crippen LogP contribution in [-0.4, -0.2) is 36.1 Å². The van der Waals surface area contributed by atoms with E-state index in [2.05, 4.69) is 25.8 Å². The van der Waals surface area contributed by atoms with Gasteiger partial charge in [-0.1, -0.05) is 19.4 Å². The van der Waals surface area contributed by atoms with E-state index in [1.807, 2.05) is 0 Å². The monoisotopic (exact) mass is 209 g/mol. The van der Waals surface area contributed by atoms with E-state index >= 15 is 0 Å². The predicted molar refractivity (Wildman–Crippen MR) is 58.5 cm³/mol. The van der Waals surface area contributed by atoms with Gasteiger partial charge in [0.05, 0.1) is 0 Å². The molecule has 1 heterocycles. The number of fused-ring (bicyclic) bond motifs is 2. The van der Waals surface area contributed by atoms with Gasteiger partial charge in [-0.05, 0) is 30.7 Å². The van der Waals surface area contributed by atoms with Crippen LogP contribution < -0.4 is 0 Å². The first-order chi connectivity index (χ1) is 7.00. The summed E-state index contributed by atoms with van der Waals surface area (Å²) in [5.41, 5.74) is 1.18. The molecule has 0 spiro atoms. The highest BCUT2D eigenvalue weighted by atomic mass is 16.4. The highest BCUT2D eigenvalue weighted by Crippen LogP contribution is 2.48. The maximum Gasteiger partial charge on any atom is 0.328 e. The zero-order valence-corrected chi connectivity index (χ0v) is 9.60. The van der Waals surface area contributed by atoms with Crippen molar-refractivity contribution >= 4 is 5.97 Å². The Bertz CT molecular complexity index is 291. The lowest BCUT2D eigenvalue weighted by atomic mass is 9.89. The molecule has 0 aromatic heterocycles. The smallest absolute Gasteiger partial charge is 0.328 e. The van der Waals surface area contributed by atoms with Crippen molar-refractivity contribution in [2.75, 3.05) is 20.1 Å². The van der Waals surface area contributed by atoms with Crippen LogP contribution >= 0.6 is 0 Å². The predicted octanol–water partition coefficient (Wildman–Crippen LogP) is 1.46. The van der Waals surface area contributed by atoms with Crippen molar-refractivity contribution in [2.45, 2.75) is 13.8 Å². The Morgan fingerprint density at radius 2 is 1.80 bits per heavy atom. The minimum Gasteiger partial charge on any atom is -0.478 e. The Morgan fingerprint density at radius 3 is 2.20 bits per heavy atom. The van der Waals surface area contributed by atoms with E-state index in [4.69, 9.17) is 5.11 Å². The molecule has 0 amide bonds. The number of carbonyl (C=O) groups is 1. The van der Waals surface area contributed by atoms with Gasteiger partial charge in [-0.25, -0.2) is 4.79 Å². The number of carboxylic acid groups (broad SMARTS) is 1. The number of aliphatic carboxylic acids is 1. The van der Waals surface area contributed by atoms with E-state index in [1.54, 1.807) is 0 Å². The van der Waals surface area contributed by atoms with E-state index < -0.39 is 5.97 Å². The van der Waals surface area contributed by atoms with Crippen molar-refractivity contribution < 1.29 is 9.90 Å². The second-order valence-electron chi connectivity index (χ2n) is 5.14. The molecule has 84 valence electrons. The Balaban J connectivity index is 2.32. The summed E-state index contributed by atoms with van der Waals surface area (Å²) in [6.07, 6.45) is 1.46. The molecule has 0 radical (unpaired) electrons. The maximum absolute atomic E-state index is 10.8. The van der Waals surface area contributed by atoms with Crippen molar-refractivity contribution in [1.29, 1.82) is 0 Å². The number of carboxylic acids is 1. The van der Waals surface area contributed by atoms with E-state index in [1.165, 1.54) is 11.6 Å². The SMILES string of the molecule is C[C@H]1C2CN(C)CC(C2=CC(=O)O)[C@@H]1C. The molecular weight excluding hydrogens is 190 g/mol. The summed E-state index contributed by atoms with van der Waals surface area (Å²) >= 11 is 0. The van der Waals surface area contributed by atoms with E-state index in [-0.39, 0.29) is 0 Å². The van der Waals surface area contributed by atoms with Gasteiger partial charge in [-0.3, -0.25) is 0 Å². The molecule has 1 aliphatic carbocycles. The summed E-state index contributed by atoms with van der Waals surface area (Å²) in [7, 11) is 2.13. The number of hydrogen-bond donors (Lipinski definition) is 1. The summed E-state index contributed by atoms with van der Waals surface area (Å²) in [5, 5.41) is 8.88. The quantitative estimate of drug-likeness (QED) is 0.665. The van der Waals surface area contributed by atoms with Crippen LogP contribution in [0.5, 0.6) is 0 Å². The molecular formula is C12H19NO2. The fourth-order valence-electron chi connectivity index (χ4n) is 3.26. The van der Waals surface area contributed by atoms with Gasteiger partial charge in [0.2, 0.25) is 0 Å². The van der Waals surface area contributed by atoms with Gasteiger partial charge in [0, 0.05) is 19.2 Å². The Morgan fingerprint density at radius 1 is 1.33 bits per heavy atom.